The third kappa shape index (κ3) is 2.75. The number of nitrogens with zero attached hydrogens (tertiary/aromatic N) is 1. The molecule has 1 atom stereocenters. The summed E-state index contributed by atoms with van der Waals surface area (Å²) in [7, 11) is 0. The summed E-state index contributed by atoms with van der Waals surface area (Å²) in [4.78, 5) is 2.29. The molecule has 1 saturated heterocycles. The van der Waals surface area contributed by atoms with Crippen LogP contribution in [-0.4, -0.2) is 28.2 Å². The molecule has 1 unspecified atom stereocenters. The fraction of sp³-hybridized carbons (Fsp3) is 0.417. The first-order valence-electron chi connectivity index (χ1n) is 5.59. The summed E-state index contributed by atoms with van der Waals surface area (Å²) in [6.07, 6.45) is 4.12. The number of hydrogen-bond donors (Lipinski definition) is 0. The molecule has 1 fully saturated rings. The molecule has 3 nitrogen and oxygen atoms in total. The van der Waals surface area contributed by atoms with Gasteiger partial charge in [0, 0.05) is 0 Å². The van der Waals surface area contributed by atoms with Crippen molar-refractivity contribution in [3.63, 3.8) is 0 Å². The maximum atomic E-state index is 5.53. The topological polar surface area (TPSA) is 22.3 Å². The van der Waals surface area contributed by atoms with Gasteiger partial charge in [-0.1, -0.05) is 0 Å². The summed E-state index contributed by atoms with van der Waals surface area (Å²) in [5.74, 6) is 0. The first kappa shape index (κ1) is 11.8. The van der Waals surface area contributed by atoms with Crippen molar-refractivity contribution in [1.29, 1.82) is 0 Å². The van der Waals surface area contributed by atoms with E-state index < -0.39 is 0 Å². The molecule has 17 heavy (non-hydrogen) atoms. The minimum atomic E-state index is -0.169. The van der Waals surface area contributed by atoms with Crippen LogP contribution >= 0.6 is 11.8 Å². The van der Waals surface area contributed by atoms with Crippen LogP contribution < -0.4 is 4.57 Å². The molecule has 0 saturated carbocycles. The minimum absolute atomic E-state index is 0.169. The molecule has 90 valence electrons. The van der Waals surface area contributed by atoms with Gasteiger partial charge in [-0.3, -0.25) is 0 Å². The molecule has 1 aromatic rings. The monoisotopic (exact) mass is 316 g/mol. The van der Waals surface area contributed by atoms with Crippen molar-refractivity contribution in [2.75, 3.05) is 13.2 Å². The van der Waals surface area contributed by atoms with E-state index >= 15 is 0 Å². The van der Waals surface area contributed by atoms with Crippen molar-refractivity contribution in [2.45, 2.75) is 17.0 Å². The van der Waals surface area contributed by atoms with Gasteiger partial charge < -0.3 is 0 Å². The second kappa shape index (κ2) is 5.55. The van der Waals surface area contributed by atoms with E-state index in [9.17, 15) is 0 Å². The van der Waals surface area contributed by atoms with E-state index in [0.717, 1.165) is 5.56 Å². The first-order valence-corrected chi connectivity index (χ1v) is 8.74. The zero-order chi connectivity index (χ0) is 11.5. The second-order valence-electron chi connectivity index (χ2n) is 3.85. The molecule has 0 aromatic carbocycles. The van der Waals surface area contributed by atoms with Crippen molar-refractivity contribution in [2.24, 2.45) is 0 Å². The van der Waals surface area contributed by atoms with Crippen LogP contribution in [0.15, 0.2) is 34.9 Å². The van der Waals surface area contributed by atoms with Gasteiger partial charge in [0.25, 0.3) is 0 Å². The van der Waals surface area contributed by atoms with E-state index in [1.807, 2.05) is 11.8 Å². The normalized spacial score (nSPS) is 25.3. The SMILES string of the molecule is C1=C[Se]CC([n+]2cccc(C3OCCO3)c2)S1. The quantitative estimate of drug-likeness (QED) is 0.614. The second-order valence-corrected chi connectivity index (χ2v) is 6.91. The average molecular weight is 315 g/mol. The van der Waals surface area contributed by atoms with Crippen LogP contribution in [-0.2, 0) is 9.47 Å². The third-order valence-corrected chi connectivity index (χ3v) is 6.34. The molecule has 0 amide bonds. The Bertz CT molecular complexity index is 421. The van der Waals surface area contributed by atoms with Gasteiger partial charge in [0.15, 0.2) is 0 Å². The molecule has 1 aromatic heterocycles. The Morgan fingerprint density at radius 1 is 1.35 bits per heavy atom. The Morgan fingerprint density at radius 3 is 3.00 bits per heavy atom. The third-order valence-electron chi connectivity index (χ3n) is 2.70. The summed E-state index contributed by atoms with van der Waals surface area (Å²) >= 11 is 2.52. The van der Waals surface area contributed by atoms with Gasteiger partial charge in [-0.05, 0) is 0 Å². The zero-order valence-corrected chi connectivity index (χ0v) is 11.8. The van der Waals surface area contributed by atoms with E-state index in [1.54, 1.807) is 0 Å². The fourth-order valence-electron chi connectivity index (χ4n) is 1.88. The molecular weight excluding hydrogens is 301 g/mol. The predicted octanol–water partition coefficient (Wildman–Crippen LogP) is 1.86. The average Bonchev–Trinajstić information content (AvgIpc) is 2.94. The molecule has 2 aliphatic rings. The van der Waals surface area contributed by atoms with Gasteiger partial charge in [-0.2, -0.15) is 0 Å². The number of pyridine rings is 1. The van der Waals surface area contributed by atoms with Crippen LogP contribution in [0.4, 0.5) is 0 Å². The Kier molecular flexibility index (Phi) is 3.83. The standard InChI is InChI=1S/C12H14NO2SSe/c1-2-10(12-14-4-5-15-12)8-13(3-1)11-9-17-7-6-16-11/h1-3,6-8,11-12H,4-5,9H2/q+1. The van der Waals surface area contributed by atoms with Crippen molar-refractivity contribution in [1.82, 2.24) is 0 Å². The summed E-state index contributed by atoms with van der Waals surface area (Å²) in [6.45, 7) is 1.40. The van der Waals surface area contributed by atoms with E-state index in [-0.39, 0.29) is 6.29 Å². The Balaban J connectivity index is 1.80. The molecule has 5 heteroatoms. The molecule has 0 spiro atoms. The van der Waals surface area contributed by atoms with Crippen LogP contribution in [0.2, 0.25) is 5.32 Å². The van der Waals surface area contributed by atoms with Crippen molar-refractivity contribution in [3.05, 3.63) is 40.5 Å². The van der Waals surface area contributed by atoms with Crippen LogP contribution in [0.1, 0.15) is 17.2 Å². The number of thioether (sulfide) groups is 1. The van der Waals surface area contributed by atoms with Crippen LogP contribution in [0.5, 0.6) is 0 Å². The van der Waals surface area contributed by atoms with Crippen molar-refractivity contribution in [3.8, 4) is 0 Å². The molecule has 3 rings (SSSR count). The summed E-state index contributed by atoms with van der Waals surface area (Å²) in [6, 6.07) is 4.15. The van der Waals surface area contributed by atoms with Gasteiger partial charge in [0.2, 0.25) is 0 Å². The van der Waals surface area contributed by atoms with E-state index in [4.69, 9.17) is 9.47 Å². The van der Waals surface area contributed by atoms with E-state index in [0.29, 0.717) is 33.5 Å². The van der Waals surface area contributed by atoms with Gasteiger partial charge in [0.1, 0.15) is 0 Å². The zero-order valence-electron chi connectivity index (χ0n) is 9.32. The van der Waals surface area contributed by atoms with Gasteiger partial charge >= 0.3 is 111 Å². The molecule has 0 radical (unpaired) electrons. The molecule has 0 bridgehead atoms. The first-order chi connectivity index (χ1) is 8.43. The van der Waals surface area contributed by atoms with E-state index in [1.165, 1.54) is 5.32 Å². The van der Waals surface area contributed by atoms with Gasteiger partial charge in [-0.25, -0.2) is 0 Å². The van der Waals surface area contributed by atoms with Crippen LogP contribution in [0.3, 0.4) is 0 Å². The Labute approximate surface area is 111 Å². The Morgan fingerprint density at radius 2 is 2.24 bits per heavy atom. The fourth-order valence-corrected chi connectivity index (χ4v) is 5.29. The maximum absolute atomic E-state index is 5.53. The number of rotatable bonds is 2. The number of hydrogen-bond acceptors (Lipinski definition) is 3. The van der Waals surface area contributed by atoms with Crippen LogP contribution in [0, 0.1) is 0 Å². The summed E-state index contributed by atoms with van der Waals surface area (Å²) in [5, 5.41) is 3.99. The molecule has 0 N–H and O–H groups in total. The summed E-state index contributed by atoms with van der Waals surface area (Å²) in [5.41, 5.74) is 1.12. The van der Waals surface area contributed by atoms with Gasteiger partial charge in [0.05, 0.1) is 0 Å². The molecular formula is C12H14NO2SSe+. The van der Waals surface area contributed by atoms with Gasteiger partial charge in [-0.15, -0.1) is 0 Å². The molecule has 0 aliphatic carbocycles. The number of ether oxygens (including phenoxy) is 2. The van der Waals surface area contributed by atoms with Crippen molar-refractivity contribution < 1.29 is 14.0 Å². The van der Waals surface area contributed by atoms with Crippen LogP contribution in [0.25, 0.3) is 0 Å². The Hall–Kier alpha value is -0.321. The summed E-state index contributed by atoms with van der Waals surface area (Å²) < 4.78 is 13.3. The number of aromatic nitrogens is 1. The predicted molar refractivity (Wildman–Crippen MR) is 67.6 cm³/mol. The van der Waals surface area contributed by atoms with E-state index in [2.05, 4.69) is 39.5 Å². The molecule has 2 aliphatic heterocycles. The molecule has 3 heterocycles. The van der Waals surface area contributed by atoms with Crippen molar-refractivity contribution >= 4 is 26.7 Å².